The summed E-state index contributed by atoms with van der Waals surface area (Å²) in [6.45, 7) is 2.19. The number of likely N-dealkylation sites (tertiary alicyclic amines) is 1. The molecule has 0 N–H and O–H groups in total. The Morgan fingerprint density at radius 1 is 1.40 bits per heavy atom. The van der Waals surface area contributed by atoms with Gasteiger partial charge in [-0.1, -0.05) is 25.1 Å². The molecular formula is C12H13NO2. The number of Topliss-reactive ketones (excluding diaryl/α,β-unsaturated/α-hetero) is 1. The quantitative estimate of drug-likeness (QED) is 0.730. The predicted molar refractivity (Wildman–Crippen MR) is 56.6 cm³/mol. The Hall–Kier alpha value is -1.64. The largest absolute Gasteiger partial charge is 0.321 e. The summed E-state index contributed by atoms with van der Waals surface area (Å²) in [5.41, 5.74) is 0.656. The van der Waals surface area contributed by atoms with E-state index in [9.17, 15) is 9.59 Å². The number of amides is 1. The second-order valence-corrected chi connectivity index (χ2v) is 3.69. The highest BCUT2D eigenvalue weighted by atomic mass is 16.2. The molecule has 1 saturated heterocycles. The Balaban J connectivity index is 2.13. The van der Waals surface area contributed by atoms with Crippen LogP contribution in [0.5, 0.6) is 0 Å². The van der Waals surface area contributed by atoms with E-state index < -0.39 is 0 Å². The second kappa shape index (κ2) is 3.85. The third-order valence-electron chi connectivity index (χ3n) is 2.74. The predicted octanol–water partition coefficient (Wildman–Crippen LogP) is 1.49. The molecule has 78 valence electrons. The van der Waals surface area contributed by atoms with Crippen LogP contribution in [0.1, 0.15) is 23.7 Å². The van der Waals surface area contributed by atoms with E-state index in [0.29, 0.717) is 12.0 Å². The Labute approximate surface area is 88.7 Å². The molecule has 1 aromatic rings. The molecule has 0 spiro atoms. The van der Waals surface area contributed by atoms with Gasteiger partial charge >= 0.3 is 0 Å². The first-order chi connectivity index (χ1) is 7.24. The lowest BCUT2D eigenvalue weighted by molar-refractivity contribution is -0.133. The third-order valence-corrected chi connectivity index (χ3v) is 2.74. The van der Waals surface area contributed by atoms with Crippen LogP contribution < -0.4 is 0 Å². The lowest BCUT2D eigenvalue weighted by Crippen LogP contribution is -2.59. The molecule has 1 aliphatic heterocycles. The van der Waals surface area contributed by atoms with Gasteiger partial charge < -0.3 is 4.90 Å². The highest BCUT2D eigenvalue weighted by Gasteiger charge is 2.39. The Morgan fingerprint density at radius 2 is 2.07 bits per heavy atom. The standard InChI is InChI=1S/C12H13NO2/c1-2-10-11(14)8-13(10)12(15)9-6-4-3-5-7-9/h3-7,10H,2,8H2,1H3. The van der Waals surface area contributed by atoms with Crippen LogP contribution in [0.25, 0.3) is 0 Å². The number of hydrogen-bond donors (Lipinski definition) is 0. The first-order valence-corrected chi connectivity index (χ1v) is 5.12. The fourth-order valence-electron chi connectivity index (χ4n) is 1.85. The molecule has 0 aliphatic carbocycles. The summed E-state index contributed by atoms with van der Waals surface area (Å²) in [6, 6.07) is 8.88. The molecule has 0 bridgehead atoms. The van der Waals surface area contributed by atoms with Crippen molar-refractivity contribution < 1.29 is 9.59 Å². The Bertz CT molecular complexity index is 386. The highest BCUT2D eigenvalue weighted by molar-refractivity contribution is 6.05. The van der Waals surface area contributed by atoms with Gasteiger partial charge in [0.1, 0.15) is 0 Å². The van der Waals surface area contributed by atoms with Gasteiger partial charge in [-0.05, 0) is 18.6 Å². The van der Waals surface area contributed by atoms with Crippen molar-refractivity contribution in [2.24, 2.45) is 0 Å². The molecule has 2 rings (SSSR count). The van der Waals surface area contributed by atoms with Crippen LogP contribution in [0, 0.1) is 0 Å². The maximum Gasteiger partial charge on any atom is 0.254 e. The topological polar surface area (TPSA) is 37.4 Å². The van der Waals surface area contributed by atoms with Crippen molar-refractivity contribution >= 4 is 11.7 Å². The van der Waals surface area contributed by atoms with Crippen molar-refractivity contribution in [3.63, 3.8) is 0 Å². The number of ketones is 1. The van der Waals surface area contributed by atoms with Gasteiger partial charge in [0.25, 0.3) is 5.91 Å². The SMILES string of the molecule is CCC1C(=O)CN1C(=O)c1ccccc1. The molecule has 3 heteroatoms. The highest BCUT2D eigenvalue weighted by Crippen LogP contribution is 2.19. The maximum atomic E-state index is 11.9. The molecule has 1 aliphatic rings. The van der Waals surface area contributed by atoms with Crippen molar-refractivity contribution in [2.75, 3.05) is 6.54 Å². The Morgan fingerprint density at radius 3 is 2.60 bits per heavy atom. The van der Waals surface area contributed by atoms with Gasteiger partial charge in [-0.15, -0.1) is 0 Å². The van der Waals surface area contributed by atoms with Crippen LogP contribution in [0.4, 0.5) is 0 Å². The van der Waals surface area contributed by atoms with Gasteiger partial charge in [-0.3, -0.25) is 9.59 Å². The minimum absolute atomic E-state index is 0.0398. The summed E-state index contributed by atoms with van der Waals surface area (Å²) in [6.07, 6.45) is 0.706. The molecule has 1 amide bonds. The molecule has 0 radical (unpaired) electrons. The number of carbonyl (C=O) groups is 2. The number of carbonyl (C=O) groups excluding carboxylic acids is 2. The van der Waals surface area contributed by atoms with Crippen LogP contribution in [0.3, 0.4) is 0 Å². The van der Waals surface area contributed by atoms with Crippen molar-refractivity contribution in [2.45, 2.75) is 19.4 Å². The summed E-state index contributed by atoms with van der Waals surface area (Å²) in [7, 11) is 0. The molecular weight excluding hydrogens is 190 g/mol. The molecule has 1 heterocycles. The zero-order chi connectivity index (χ0) is 10.8. The average molecular weight is 203 g/mol. The van der Waals surface area contributed by atoms with Gasteiger partial charge in [0.2, 0.25) is 0 Å². The van der Waals surface area contributed by atoms with E-state index >= 15 is 0 Å². The zero-order valence-corrected chi connectivity index (χ0v) is 8.64. The van der Waals surface area contributed by atoms with Crippen LogP contribution >= 0.6 is 0 Å². The average Bonchev–Trinajstić information content (AvgIpc) is 2.26. The van der Waals surface area contributed by atoms with Crippen LogP contribution in [0.2, 0.25) is 0 Å². The molecule has 1 fully saturated rings. The number of benzene rings is 1. The lowest BCUT2D eigenvalue weighted by Gasteiger charge is -2.38. The first-order valence-electron chi connectivity index (χ1n) is 5.12. The number of hydrogen-bond acceptors (Lipinski definition) is 2. The van der Waals surface area contributed by atoms with Gasteiger partial charge in [0, 0.05) is 5.56 Å². The van der Waals surface area contributed by atoms with Crippen molar-refractivity contribution in [1.82, 2.24) is 4.90 Å². The van der Waals surface area contributed by atoms with Crippen molar-refractivity contribution in [3.8, 4) is 0 Å². The fraction of sp³-hybridized carbons (Fsp3) is 0.333. The van der Waals surface area contributed by atoms with Crippen LogP contribution in [-0.2, 0) is 4.79 Å². The van der Waals surface area contributed by atoms with Gasteiger partial charge in [0.05, 0.1) is 12.6 Å². The van der Waals surface area contributed by atoms with E-state index in [2.05, 4.69) is 0 Å². The molecule has 1 aromatic carbocycles. The van der Waals surface area contributed by atoms with Crippen molar-refractivity contribution in [1.29, 1.82) is 0 Å². The minimum atomic E-state index is -0.197. The molecule has 1 atom stereocenters. The zero-order valence-electron chi connectivity index (χ0n) is 8.64. The summed E-state index contributed by atoms with van der Waals surface area (Å²) < 4.78 is 0. The monoisotopic (exact) mass is 203 g/mol. The number of rotatable bonds is 2. The minimum Gasteiger partial charge on any atom is -0.321 e. The van der Waals surface area contributed by atoms with Gasteiger partial charge in [0.15, 0.2) is 5.78 Å². The smallest absolute Gasteiger partial charge is 0.254 e. The first kappa shape index (κ1) is 9.90. The maximum absolute atomic E-state index is 11.9. The molecule has 15 heavy (non-hydrogen) atoms. The molecule has 0 aromatic heterocycles. The normalized spacial score (nSPS) is 19.9. The summed E-state index contributed by atoms with van der Waals surface area (Å²) in [4.78, 5) is 24.8. The molecule has 1 unspecified atom stereocenters. The van der Waals surface area contributed by atoms with Crippen LogP contribution in [0.15, 0.2) is 30.3 Å². The van der Waals surface area contributed by atoms with E-state index in [1.54, 1.807) is 17.0 Å². The number of nitrogens with zero attached hydrogens (tertiary/aromatic N) is 1. The van der Waals surface area contributed by atoms with Crippen LogP contribution in [-0.4, -0.2) is 29.2 Å². The van der Waals surface area contributed by atoms with Gasteiger partial charge in [-0.25, -0.2) is 0 Å². The third kappa shape index (κ3) is 1.65. The molecule has 0 saturated carbocycles. The van der Waals surface area contributed by atoms with E-state index in [0.717, 1.165) is 0 Å². The molecule has 3 nitrogen and oxygen atoms in total. The van der Waals surface area contributed by atoms with E-state index in [1.165, 1.54) is 0 Å². The van der Waals surface area contributed by atoms with E-state index in [1.807, 2.05) is 25.1 Å². The fourth-order valence-corrected chi connectivity index (χ4v) is 1.85. The summed E-state index contributed by atoms with van der Waals surface area (Å²) in [5, 5.41) is 0. The summed E-state index contributed by atoms with van der Waals surface area (Å²) >= 11 is 0. The Kier molecular flexibility index (Phi) is 2.54. The van der Waals surface area contributed by atoms with Gasteiger partial charge in [-0.2, -0.15) is 0 Å². The lowest BCUT2D eigenvalue weighted by atomic mass is 9.97. The van der Waals surface area contributed by atoms with E-state index in [4.69, 9.17) is 0 Å². The van der Waals surface area contributed by atoms with Crippen molar-refractivity contribution in [3.05, 3.63) is 35.9 Å². The second-order valence-electron chi connectivity index (χ2n) is 3.69. The van der Waals surface area contributed by atoms with E-state index in [-0.39, 0.29) is 24.3 Å². The summed E-state index contributed by atoms with van der Waals surface area (Å²) in [5.74, 6) is 0.129.